The number of halogens is 1. The van der Waals surface area contributed by atoms with Crippen LogP contribution in [0.2, 0.25) is 0 Å². The summed E-state index contributed by atoms with van der Waals surface area (Å²) < 4.78 is 11.5. The molecule has 0 radical (unpaired) electrons. The SMILES string of the molecule is CCNC(=NCc1ncc(C(C)(C)C)o1)NCCCOc1ccc(C)cc1.I. The molecular weight excluding hydrogens is 467 g/mol. The van der Waals surface area contributed by atoms with Crippen LogP contribution in [0.4, 0.5) is 0 Å². The Morgan fingerprint density at radius 3 is 2.50 bits per heavy atom. The normalized spacial score (nSPS) is 11.7. The van der Waals surface area contributed by atoms with E-state index in [1.165, 1.54) is 5.56 Å². The van der Waals surface area contributed by atoms with Gasteiger partial charge in [0, 0.05) is 18.5 Å². The van der Waals surface area contributed by atoms with Crippen molar-refractivity contribution >= 4 is 29.9 Å². The Balaban J connectivity index is 0.00000392. The fraction of sp³-hybridized carbons (Fsp3) is 0.524. The molecule has 0 saturated carbocycles. The van der Waals surface area contributed by atoms with Gasteiger partial charge < -0.3 is 19.8 Å². The predicted octanol–water partition coefficient (Wildman–Crippen LogP) is 4.42. The lowest BCUT2D eigenvalue weighted by molar-refractivity contribution is 0.311. The van der Waals surface area contributed by atoms with Crippen LogP contribution in [0.15, 0.2) is 39.9 Å². The largest absolute Gasteiger partial charge is 0.494 e. The molecule has 0 bridgehead atoms. The zero-order chi connectivity index (χ0) is 19.7. The predicted molar refractivity (Wildman–Crippen MR) is 125 cm³/mol. The number of nitrogens with zero attached hydrogens (tertiary/aromatic N) is 2. The topological polar surface area (TPSA) is 71.7 Å². The number of oxazole rings is 1. The highest BCUT2D eigenvalue weighted by atomic mass is 127. The molecule has 7 heteroatoms. The molecule has 2 rings (SSSR count). The van der Waals surface area contributed by atoms with E-state index in [1.54, 1.807) is 6.20 Å². The highest BCUT2D eigenvalue weighted by Crippen LogP contribution is 2.22. The lowest BCUT2D eigenvalue weighted by Crippen LogP contribution is -2.38. The van der Waals surface area contributed by atoms with E-state index in [2.05, 4.69) is 60.4 Å². The number of aryl methyl sites for hydroxylation is 1. The number of aromatic nitrogens is 1. The van der Waals surface area contributed by atoms with Crippen LogP contribution in [0.1, 0.15) is 51.3 Å². The number of rotatable bonds is 8. The van der Waals surface area contributed by atoms with Crippen molar-refractivity contribution in [2.45, 2.75) is 53.0 Å². The van der Waals surface area contributed by atoms with Crippen LogP contribution in [0.5, 0.6) is 5.75 Å². The van der Waals surface area contributed by atoms with Gasteiger partial charge in [0.15, 0.2) is 5.96 Å². The Hall–Kier alpha value is -1.77. The van der Waals surface area contributed by atoms with Crippen molar-refractivity contribution in [3.8, 4) is 5.75 Å². The van der Waals surface area contributed by atoms with Gasteiger partial charge >= 0.3 is 0 Å². The fourth-order valence-corrected chi connectivity index (χ4v) is 2.32. The Morgan fingerprint density at radius 2 is 1.89 bits per heavy atom. The van der Waals surface area contributed by atoms with Gasteiger partial charge in [-0.2, -0.15) is 0 Å². The Labute approximate surface area is 185 Å². The van der Waals surface area contributed by atoms with E-state index < -0.39 is 0 Å². The van der Waals surface area contributed by atoms with Crippen LogP contribution in [-0.2, 0) is 12.0 Å². The Kier molecular flexibility index (Phi) is 10.3. The molecule has 0 spiro atoms. The fourth-order valence-electron chi connectivity index (χ4n) is 2.32. The molecule has 1 heterocycles. The van der Waals surface area contributed by atoms with Gasteiger partial charge in [-0.3, -0.25) is 0 Å². The van der Waals surface area contributed by atoms with Crippen molar-refractivity contribution in [3.05, 3.63) is 47.7 Å². The first-order valence-electron chi connectivity index (χ1n) is 9.55. The first-order chi connectivity index (χ1) is 12.9. The minimum absolute atomic E-state index is 0. The second kappa shape index (κ2) is 11.9. The number of hydrogen-bond acceptors (Lipinski definition) is 4. The summed E-state index contributed by atoms with van der Waals surface area (Å²) in [5, 5.41) is 6.55. The molecule has 6 nitrogen and oxygen atoms in total. The molecule has 0 amide bonds. The van der Waals surface area contributed by atoms with E-state index in [4.69, 9.17) is 9.15 Å². The molecule has 0 aliphatic rings. The molecular formula is C21H33IN4O2. The van der Waals surface area contributed by atoms with E-state index >= 15 is 0 Å². The maximum absolute atomic E-state index is 5.78. The average molecular weight is 500 g/mol. The third kappa shape index (κ3) is 8.50. The zero-order valence-corrected chi connectivity index (χ0v) is 19.9. The lowest BCUT2D eigenvalue weighted by atomic mass is 9.94. The highest BCUT2D eigenvalue weighted by Gasteiger charge is 2.18. The van der Waals surface area contributed by atoms with Crippen molar-refractivity contribution in [1.29, 1.82) is 0 Å². The second-order valence-electron chi connectivity index (χ2n) is 7.51. The van der Waals surface area contributed by atoms with Gasteiger partial charge in [0.1, 0.15) is 18.1 Å². The molecule has 1 aromatic heterocycles. The van der Waals surface area contributed by atoms with Gasteiger partial charge in [-0.25, -0.2) is 9.98 Å². The molecule has 2 N–H and O–H groups in total. The molecule has 0 fully saturated rings. The first-order valence-corrected chi connectivity index (χ1v) is 9.55. The molecule has 0 saturated heterocycles. The molecule has 2 aromatic rings. The van der Waals surface area contributed by atoms with Gasteiger partial charge in [0.05, 0.1) is 12.8 Å². The zero-order valence-electron chi connectivity index (χ0n) is 17.5. The number of aliphatic imine (C=N–C) groups is 1. The van der Waals surface area contributed by atoms with Crippen LogP contribution in [0.3, 0.4) is 0 Å². The van der Waals surface area contributed by atoms with E-state index in [0.29, 0.717) is 19.0 Å². The summed E-state index contributed by atoms with van der Waals surface area (Å²) in [4.78, 5) is 8.86. The van der Waals surface area contributed by atoms with E-state index in [-0.39, 0.29) is 29.4 Å². The molecule has 0 aliphatic heterocycles. The number of hydrogen-bond donors (Lipinski definition) is 2. The summed E-state index contributed by atoms with van der Waals surface area (Å²) in [6.45, 7) is 13.1. The minimum atomic E-state index is -0.0465. The van der Waals surface area contributed by atoms with Crippen molar-refractivity contribution in [1.82, 2.24) is 15.6 Å². The number of ether oxygens (including phenoxy) is 1. The van der Waals surface area contributed by atoms with Gasteiger partial charge in [-0.05, 0) is 32.4 Å². The average Bonchev–Trinajstić information content (AvgIpc) is 3.10. The molecule has 0 unspecified atom stereocenters. The first kappa shape index (κ1) is 24.3. The summed E-state index contributed by atoms with van der Waals surface area (Å²) in [6, 6.07) is 8.10. The number of benzene rings is 1. The second-order valence-corrected chi connectivity index (χ2v) is 7.51. The van der Waals surface area contributed by atoms with Crippen LogP contribution >= 0.6 is 24.0 Å². The summed E-state index contributed by atoms with van der Waals surface area (Å²) in [5.74, 6) is 3.15. The van der Waals surface area contributed by atoms with Crippen molar-refractivity contribution in [2.24, 2.45) is 4.99 Å². The van der Waals surface area contributed by atoms with Crippen LogP contribution in [-0.4, -0.2) is 30.6 Å². The molecule has 0 atom stereocenters. The monoisotopic (exact) mass is 500 g/mol. The maximum Gasteiger partial charge on any atom is 0.216 e. The Morgan fingerprint density at radius 1 is 1.18 bits per heavy atom. The number of nitrogens with one attached hydrogen (secondary N) is 2. The third-order valence-corrected chi connectivity index (χ3v) is 3.91. The van der Waals surface area contributed by atoms with Gasteiger partial charge in [-0.15, -0.1) is 24.0 Å². The summed E-state index contributed by atoms with van der Waals surface area (Å²) in [5.41, 5.74) is 1.19. The molecule has 28 heavy (non-hydrogen) atoms. The molecule has 156 valence electrons. The van der Waals surface area contributed by atoms with E-state index in [1.807, 2.05) is 19.1 Å². The smallest absolute Gasteiger partial charge is 0.216 e. The molecule has 1 aromatic carbocycles. The standard InChI is InChI=1S/C21H32N4O2.HI/c1-6-22-20(25-15-19-24-14-18(27-19)21(3,4)5)23-12-7-13-26-17-10-8-16(2)9-11-17;/h8-11,14H,6-7,12-13,15H2,1-5H3,(H2,22,23,25);1H. The number of guanidine groups is 1. The minimum Gasteiger partial charge on any atom is -0.494 e. The van der Waals surface area contributed by atoms with Gasteiger partial charge in [-0.1, -0.05) is 38.5 Å². The van der Waals surface area contributed by atoms with Crippen LogP contribution in [0.25, 0.3) is 0 Å². The lowest BCUT2D eigenvalue weighted by Gasteiger charge is -2.13. The van der Waals surface area contributed by atoms with Crippen molar-refractivity contribution < 1.29 is 9.15 Å². The molecule has 0 aliphatic carbocycles. The van der Waals surface area contributed by atoms with E-state index in [0.717, 1.165) is 37.0 Å². The highest BCUT2D eigenvalue weighted by molar-refractivity contribution is 14.0. The summed E-state index contributed by atoms with van der Waals surface area (Å²) in [7, 11) is 0. The quantitative estimate of drug-likeness (QED) is 0.243. The van der Waals surface area contributed by atoms with Crippen molar-refractivity contribution in [2.75, 3.05) is 19.7 Å². The summed E-state index contributed by atoms with van der Waals surface area (Å²) in [6.07, 6.45) is 2.67. The van der Waals surface area contributed by atoms with Crippen molar-refractivity contribution in [3.63, 3.8) is 0 Å². The Bertz CT molecular complexity index is 721. The van der Waals surface area contributed by atoms with Gasteiger partial charge in [0.2, 0.25) is 5.89 Å². The summed E-state index contributed by atoms with van der Waals surface area (Å²) >= 11 is 0. The van der Waals surface area contributed by atoms with Gasteiger partial charge in [0.25, 0.3) is 0 Å². The third-order valence-electron chi connectivity index (χ3n) is 3.91. The van der Waals surface area contributed by atoms with Crippen LogP contribution in [0, 0.1) is 6.92 Å². The van der Waals surface area contributed by atoms with E-state index in [9.17, 15) is 0 Å². The van der Waals surface area contributed by atoms with Crippen LogP contribution < -0.4 is 15.4 Å². The maximum atomic E-state index is 5.78.